The Balaban J connectivity index is 2.94. The second-order valence-electron chi connectivity index (χ2n) is 3.40. The van der Waals surface area contributed by atoms with E-state index in [1.165, 1.54) is 0 Å². The summed E-state index contributed by atoms with van der Waals surface area (Å²) >= 11 is 3.48. The van der Waals surface area contributed by atoms with E-state index < -0.39 is 0 Å². The molecule has 0 bridgehead atoms. The molecule has 0 saturated heterocycles. The molecule has 0 fully saturated rings. The van der Waals surface area contributed by atoms with Crippen molar-refractivity contribution in [2.45, 2.75) is 26.3 Å². The van der Waals surface area contributed by atoms with Gasteiger partial charge in [0.05, 0.1) is 11.7 Å². The van der Waals surface area contributed by atoms with E-state index in [2.05, 4.69) is 40.2 Å². The minimum atomic E-state index is 0.107. The SMILES string of the molecule is CCC(C)C(NN)c1ncccc1Br. The van der Waals surface area contributed by atoms with E-state index in [0.29, 0.717) is 5.92 Å². The van der Waals surface area contributed by atoms with Gasteiger partial charge < -0.3 is 0 Å². The van der Waals surface area contributed by atoms with Crippen LogP contribution in [0, 0.1) is 5.92 Å². The minimum Gasteiger partial charge on any atom is -0.271 e. The zero-order chi connectivity index (χ0) is 10.6. The highest BCUT2D eigenvalue weighted by atomic mass is 79.9. The molecule has 0 spiro atoms. The van der Waals surface area contributed by atoms with Gasteiger partial charge in [-0.05, 0) is 34.0 Å². The largest absolute Gasteiger partial charge is 0.271 e. The highest BCUT2D eigenvalue weighted by Gasteiger charge is 2.19. The van der Waals surface area contributed by atoms with E-state index in [-0.39, 0.29) is 6.04 Å². The Labute approximate surface area is 93.2 Å². The topological polar surface area (TPSA) is 50.9 Å². The fourth-order valence-electron chi connectivity index (χ4n) is 1.38. The van der Waals surface area contributed by atoms with Crippen molar-refractivity contribution < 1.29 is 0 Å². The van der Waals surface area contributed by atoms with Crippen LogP contribution in [-0.4, -0.2) is 4.98 Å². The maximum atomic E-state index is 5.54. The number of hydrogen-bond acceptors (Lipinski definition) is 3. The molecule has 1 rings (SSSR count). The summed E-state index contributed by atoms with van der Waals surface area (Å²) < 4.78 is 1.00. The first-order chi connectivity index (χ1) is 6.70. The first kappa shape index (κ1) is 11.6. The summed E-state index contributed by atoms with van der Waals surface area (Å²) in [6.07, 6.45) is 2.85. The molecule has 1 aromatic rings. The van der Waals surface area contributed by atoms with Crippen LogP contribution >= 0.6 is 15.9 Å². The molecule has 4 heteroatoms. The Morgan fingerprint density at radius 3 is 2.86 bits per heavy atom. The van der Waals surface area contributed by atoms with Gasteiger partial charge in [0, 0.05) is 10.7 Å². The van der Waals surface area contributed by atoms with E-state index >= 15 is 0 Å². The third-order valence-corrected chi connectivity index (χ3v) is 3.14. The van der Waals surface area contributed by atoms with Crippen LogP contribution < -0.4 is 11.3 Å². The van der Waals surface area contributed by atoms with Gasteiger partial charge in [0.1, 0.15) is 0 Å². The normalized spacial score (nSPS) is 15.1. The highest BCUT2D eigenvalue weighted by molar-refractivity contribution is 9.10. The summed E-state index contributed by atoms with van der Waals surface area (Å²) in [5.74, 6) is 6.00. The van der Waals surface area contributed by atoms with Crippen LogP contribution in [0.4, 0.5) is 0 Å². The van der Waals surface area contributed by atoms with E-state index in [1.807, 2.05) is 12.1 Å². The monoisotopic (exact) mass is 257 g/mol. The summed E-state index contributed by atoms with van der Waals surface area (Å²) in [6, 6.07) is 3.99. The van der Waals surface area contributed by atoms with Crippen LogP contribution in [0.25, 0.3) is 0 Å². The smallest absolute Gasteiger partial charge is 0.0731 e. The molecule has 0 amide bonds. The number of nitrogens with two attached hydrogens (primary N) is 1. The second kappa shape index (κ2) is 5.44. The lowest BCUT2D eigenvalue weighted by Crippen LogP contribution is -2.33. The second-order valence-corrected chi connectivity index (χ2v) is 4.25. The molecule has 0 aliphatic heterocycles. The lowest BCUT2D eigenvalue weighted by molar-refractivity contribution is 0.374. The zero-order valence-electron chi connectivity index (χ0n) is 8.50. The van der Waals surface area contributed by atoms with E-state index in [1.54, 1.807) is 6.20 Å². The molecular weight excluding hydrogens is 242 g/mol. The van der Waals surface area contributed by atoms with Crippen molar-refractivity contribution >= 4 is 15.9 Å². The van der Waals surface area contributed by atoms with Crippen molar-refractivity contribution in [3.05, 3.63) is 28.5 Å². The molecule has 78 valence electrons. The van der Waals surface area contributed by atoms with Crippen molar-refractivity contribution in [2.24, 2.45) is 11.8 Å². The maximum Gasteiger partial charge on any atom is 0.0731 e. The predicted octanol–water partition coefficient (Wildman–Crippen LogP) is 2.39. The number of hydrogen-bond donors (Lipinski definition) is 2. The predicted molar refractivity (Wildman–Crippen MR) is 61.5 cm³/mol. The number of halogens is 1. The average molecular weight is 258 g/mol. The first-order valence-corrected chi connectivity index (χ1v) is 5.56. The Morgan fingerprint density at radius 1 is 1.64 bits per heavy atom. The highest BCUT2D eigenvalue weighted by Crippen LogP contribution is 2.27. The van der Waals surface area contributed by atoms with E-state index in [4.69, 9.17) is 5.84 Å². The van der Waals surface area contributed by atoms with Gasteiger partial charge in [0.25, 0.3) is 0 Å². The third-order valence-electron chi connectivity index (χ3n) is 2.47. The molecule has 0 aliphatic rings. The molecule has 0 saturated carbocycles. The molecule has 0 aromatic carbocycles. The Kier molecular flexibility index (Phi) is 4.51. The van der Waals surface area contributed by atoms with Crippen LogP contribution in [0.3, 0.4) is 0 Å². The fourth-order valence-corrected chi connectivity index (χ4v) is 1.88. The summed E-state index contributed by atoms with van der Waals surface area (Å²) in [4.78, 5) is 4.33. The summed E-state index contributed by atoms with van der Waals surface area (Å²) in [7, 11) is 0. The van der Waals surface area contributed by atoms with Crippen LogP contribution in [0.1, 0.15) is 32.0 Å². The number of pyridine rings is 1. The molecule has 3 nitrogen and oxygen atoms in total. The Morgan fingerprint density at radius 2 is 2.36 bits per heavy atom. The molecule has 2 atom stereocenters. The number of rotatable bonds is 4. The maximum absolute atomic E-state index is 5.54. The summed E-state index contributed by atoms with van der Waals surface area (Å²) in [5, 5.41) is 0. The number of aromatic nitrogens is 1. The van der Waals surface area contributed by atoms with Crippen molar-refractivity contribution in [3.8, 4) is 0 Å². The molecule has 1 aromatic heterocycles. The van der Waals surface area contributed by atoms with Gasteiger partial charge in [-0.25, -0.2) is 0 Å². The number of nitrogens with one attached hydrogen (secondary N) is 1. The number of hydrazine groups is 1. The zero-order valence-corrected chi connectivity index (χ0v) is 10.1. The van der Waals surface area contributed by atoms with Crippen molar-refractivity contribution in [1.82, 2.24) is 10.4 Å². The van der Waals surface area contributed by atoms with Gasteiger partial charge in [-0.2, -0.15) is 0 Å². The Hall–Kier alpha value is -0.450. The van der Waals surface area contributed by atoms with Gasteiger partial charge in [-0.15, -0.1) is 0 Å². The third kappa shape index (κ3) is 2.53. The molecule has 0 radical (unpaired) electrons. The van der Waals surface area contributed by atoms with Gasteiger partial charge in [-0.1, -0.05) is 20.3 Å². The van der Waals surface area contributed by atoms with Gasteiger partial charge in [0.2, 0.25) is 0 Å². The Bertz CT molecular complexity index is 290. The minimum absolute atomic E-state index is 0.107. The number of nitrogens with zero attached hydrogens (tertiary/aromatic N) is 1. The van der Waals surface area contributed by atoms with Crippen LogP contribution in [-0.2, 0) is 0 Å². The van der Waals surface area contributed by atoms with Crippen molar-refractivity contribution in [1.29, 1.82) is 0 Å². The standard InChI is InChI=1S/C10H16BrN3/c1-3-7(2)9(14-12)10-8(11)5-4-6-13-10/h4-7,9,14H,3,12H2,1-2H3. The van der Waals surface area contributed by atoms with Gasteiger partial charge >= 0.3 is 0 Å². The average Bonchev–Trinajstić information content (AvgIpc) is 2.21. The quantitative estimate of drug-likeness (QED) is 0.644. The van der Waals surface area contributed by atoms with Gasteiger partial charge in [-0.3, -0.25) is 16.3 Å². The molecule has 0 aliphatic carbocycles. The first-order valence-electron chi connectivity index (χ1n) is 4.77. The molecule has 1 heterocycles. The van der Waals surface area contributed by atoms with E-state index in [9.17, 15) is 0 Å². The molecule has 2 unspecified atom stereocenters. The van der Waals surface area contributed by atoms with Crippen LogP contribution in [0.15, 0.2) is 22.8 Å². The molecule has 14 heavy (non-hydrogen) atoms. The van der Waals surface area contributed by atoms with Crippen molar-refractivity contribution in [2.75, 3.05) is 0 Å². The van der Waals surface area contributed by atoms with Gasteiger partial charge in [0.15, 0.2) is 0 Å². The van der Waals surface area contributed by atoms with Crippen LogP contribution in [0.2, 0.25) is 0 Å². The lowest BCUT2D eigenvalue weighted by Gasteiger charge is -2.22. The summed E-state index contributed by atoms with van der Waals surface area (Å²) in [5.41, 5.74) is 3.79. The molecular formula is C10H16BrN3. The van der Waals surface area contributed by atoms with Crippen molar-refractivity contribution in [3.63, 3.8) is 0 Å². The molecule has 3 N–H and O–H groups in total. The fraction of sp³-hybridized carbons (Fsp3) is 0.500. The van der Waals surface area contributed by atoms with E-state index in [0.717, 1.165) is 16.6 Å². The summed E-state index contributed by atoms with van der Waals surface area (Å²) in [6.45, 7) is 4.30. The van der Waals surface area contributed by atoms with Crippen LogP contribution in [0.5, 0.6) is 0 Å². The lowest BCUT2D eigenvalue weighted by atomic mass is 9.96.